The molecule has 118 valence electrons. The number of nitrogens with zero attached hydrogens (tertiary/aromatic N) is 2. The van der Waals surface area contributed by atoms with Crippen molar-refractivity contribution >= 4 is 17.3 Å². The molecular formula is C15H24FN3O2. The van der Waals surface area contributed by atoms with Gasteiger partial charge in [0.2, 0.25) is 0 Å². The van der Waals surface area contributed by atoms with E-state index in [0.29, 0.717) is 24.7 Å². The first-order valence-electron chi connectivity index (χ1n) is 6.95. The summed E-state index contributed by atoms with van der Waals surface area (Å²) in [6, 6.07) is 2.72. The zero-order chi connectivity index (χ0) is 16.2. The smallest absolute Gasteiger partial charge is 0.340 e. The highest BCUT2D eigenvalue weighted by molar-refractivity contribution is 6.00. The van der Waals surface area contributed by atoms with Crippen LogP contribution in [0.15, 0.2) is 12.1 Å². The topological polar surface area (TPSA) is 69.8 Å². The highest BCUT2D eigenvalue weighted by Gasteiger charge is 2.22. The minimum atomic E-state index is -1.21. The van der Waals surface area contributed by atoms with E-state index >= 15 is 0 Å². The van der Waals surface area contributed by atoms with Crippen molar-refractivity contribution in [2.24, 2.45) is 5.92 Å². The third-order valence-corrected chi connectivity index (χ3v) is 3.13. The van der Waals surface area contributed by atoms with Crippen molar-refractivity contribution in [3.05, 3.63) is 23.5 Å². The molecule has 0 unspecified atom stereocenters. The standard InChI is InChI=1S/C15H24FN3O2/c1-10(2)9-19(8-7-18(3)4)12-6-5-11(16)14(17)13(12)15(20)21/h5-6,10H,7-9,17H2,1-4H3,(H,20,21). The SMILES string of the molecule is CC(C)CN(CCN(C)C)c1ccc(F)c(N)c1C(=O)O. The Morgan fingerprint density at radius 1 is 1.33 bits per heavy atom. The third-order valence-electron chi connectivity index (χ3n) is 3.13. The molecule has 0 saturated carbocycles. The predicted molar refractivity (Wildman–Crippen MR) is 83.4 cm³/mol. The summed E-state index contributed by atoms with van der Waals surface area (Å²) in [6.45, 7) is 6.20. The van der Waals surface area contributed by atoms with Crippen LogP contribution in [0.5, 0.6) is 0 Å². The van der Waals surface area contributed by atoms with Crippen molar-refractivity contribution in [3.8, 4) is 0 Å². The summed E-state index contributed by atoms with van der Waals surface area (Å²) < 4.78 is 13.5. The van der Waals surface area contributed by atoms with Crippen LogP contribution in [0.3, 0.4) is 0 Å². The van der Waals surface area contributed by atoms with E-state index in [1.54, 1.807) is 0 Å². The molecule has 0 amide bonds. The van der Waals surface area contributed by atoms with Crippen LogP contribution in [0, 0.1) is 11.7 Å². The number of nitrogen functional groups attached to an aromatic ring is 1. The first-order valence-corrected chi connectivity index (χ1v) is 6.95. The Morgan fingerprint density at radius 3 is 2.43 bits per heavy atom. The average molecular weight is 297 g/mol. The Kier molecular flexibility index (Phi) is 5.96. The van der Waals surface area contributed by atoms with Gasteiger partial charge in [-0.15, -0.1) is 0 Å². The summed E-state index contributed by atoms with van der Waals surface area (Å²) in [4.78, 5) is 15.4. The number of aromatic carboxylic acids is 1. The molecule has 0 fully saturated rings. The second-order valence-electron chi connectivity index (χ2n) is 5.80. The fraction of sp³-hybridized carbons (Fsp3) is 0.533. The molecule has 0 heterocycles. The maximum Gasteiger partial charge on any atom is 0.340 e. The lowest BCUT2D eigenvalue weighted by molar-refractivity contribution is 0.0698. The molecule has 1 aromatic rings. The van der Waals surface area contributed by atoms with E-state index in [0.717, 1.165) is 6.54 Å². The monoisotopic (exact) mass is 297 g/mol. The van der Waals surface area contributed by atoms with Crippen LogP contribution in [0.4, 0.5) is 15.8 Å². The van der Waals surface area contributed by atoms with Gasteiger partial charge in [0.1, 0.15) is 11.4 Å². The van der Waals surface area contributed by atoms with Gasteiger partial charge in [0.15, 0.2) is 0 Å². The molecule has 21 heavy (non-hydrogen) atoms. The number of likely N-dealkylation sites (N-methyl/N-ethyl adjacent to an activating group) is 1. The number of benzene rings is 1. The van der Waals surface area contributed by atoms with E-state index in [-0.39, 0.29) is 11.3 Å². The van der Waals surface area contributed by atoms with Gasteiger partial charge in [-0.1, -0.05) is 13.8 Å². The minimum absolute atomic E-state index is 0.158. The van der Waals surface area contributed by atoms with Crippen LogP contribution in [-0.2, 0) is 0 Å². The van der Waals surface area contributed by atoms with Gasteiger partial charge in [0.05, 0.1) is 11.4 Å². The van der Waals surface area contributed by atoms with E-state index < -0.39 is 11.8 Å². The second kappa shape index (κ2) is 7.26. The van der Waals surface area contributed by atoms with Gasteiger partial charge in [-0.25, -0.2) is 9.18 Å². The molecule has 1 rings (SSSR count). The van der Waals surface area contributed by atoms with Gasteiger partial charge in [-0.2, -0.15) is 0 Å². The van der Waals surface area contributed by atoms with E-state index in [2.05, 4.69) is 13.8 Å². The van der Waals surface area contributed by atoms with Crippen LogP contribution in [0.25, 0.3) is 0 Å². The van der Waals surface area contributed by atoms with Crippen molar-refractivity contribution in [1.29, 1.82) is 0 Å². The van der Waals surface area contributed by atoms with Gasteiger partial charge in [-0.3, -0.25) is 0 Å². The molecule has 0 radical (unpaired) electrons. The normalized spacial score (nSPS) is 11.2. The maximum atomic E-state index is 13.5. The molecule has 0 spiro atoms. The van der Waals surface area contributed by atoms with Gasteiger partial charge in [0.25, 0.3) is 0 Å². The third kappa shape index (κ3) is 4.60. The fourth-order valence-corrected chi connectivity index (χ4v) is 2.14. The largest absolute Gasteiger partial charge is 0.478 e. The van der Waals surface area contributed by atoms with Crippen LogP contribution in [0.2, 0.25) is 0 Å². The predicted octanol–water partition coefficient (Wildman–Crippen LogP) is 2.13. The Labute approximate surface area is 125 Å². The molecule has 3 N–H and O–H groups in total. The lowest BCUT2D eigenvalue weighted by Crippen LogP contribution is -2.35. The number of anilines is 2. The number of hydrogen-bond donors (Lipinski definition) is 2. The van der Waals surface area contributed by atoms with Crippen LogP contribution in [-0.4, -0.2) is 49.7 Å². The Hall–Kier alpha value is -1.82. The molecule has 0 atom stereocenters. The number of rotatable bonds is 7. The quantitative estimate of drug-likeness (QED) is 0.755. The van der Waals surface area contributed by atoms with Crippen LogP contribution >= 0.6 is 0 Å². The van der Waals surface area contributed by atoms with Crippen molar-refractivity contribution in [1.82, 2.24) is 4.90 Å². The van der Waals surface area contributed by atoms with Crippen molar-refractivity contribution in [3.63, 3.8) is 0 Å². The zero-order valence-corrected chi connectivity index (χ0v) is 13.1. The van der Waals surface area contributed by atoms with Gasteiger partial charge in [0, 0.05) is 19.6 Å². The van der Waals surface area contributed by atoms with Crippen molar-refractivity contribution in [2.75, 3.05) is 44.4 Å². The molecule has 6 heteroatoms. The molecule has 5 nitrogen and oxygen atoms in total. The van der Waals surface area contributed by atoms with Gasteiger partial charge >= 0.3 is 5.97 Å². The van der Waals surface area contributed by atoms with Gasteiger partial charge in [-0.05, 0) is 32.1 Å². The highest BCUT2D eigenvalue weighted by Crippen LogP contribution is 2.29. The first kappa shape index (κ1) is 17.2. The average Bonchev–Trinajstić information content (AvgIpc) is 2.36. The molecule has 0 aliphatic heterocycles. The molecule has 0 aliphatic rings. The summed E-state index contributed by atoms with van der Waals surface area (Å²) in [5.74, 6) is -1.56. The van der Waals surface area contributed by atoms with E-state index in [1.165, 1.54) is 12.1 Å². The lowest BCUT2D eigenvalue weighted by atomic mass is 10.1. The minimum Gasteiger partial charge on any atom is -0.478 e. The van der Waals surface area contributed by atoms with Crippen LogP contribution < -0.4 is 10.6 Å². The van der Waals surface area contributed by atoms with E-state index in [4.69, 9.17) is 5.73 Å². The fourth-order valence-electron chi connectivity index (χ4n) is 2.14. The Morgan fingerprint density at radius 2 is 1.95 bits per heavy atom. The number of hydrogen-bond acceptors (Lipinski definition) is 4. The molecule has 1 aromatic carbocycles. The van der Waals surface area contributed by atoms with Crippen molar-refractivity contribution < 1.29 is 14.3 Å². The van der Waals surface area contributed by atoms with Gasteiger partial charge < -0.3 is 20.6 Å². The molecule has 0 bridgehead atoms. The summed E-state index contributed by atoms with van der Waals surface area (Å²) in [5, 5.41) is 9.35. The lowest BCUT2D eigenvalue weighted by Gasteiger charge is -2.29. The number of halogens is 1. The summed E-state index contributed by atoms with van der Waals surface area (Å²) in [5.41, 5.74) is 5.62. The zero-order valence-electron chi connectivity index (χ0n) is 13.1. The Bertz CT molecular complexity index is 504. The summed E-state index contributed by atoms with van der Waals surface area (Å²) >= 11 is 0. The number of nitrogens with two attached hydrogens (primary N) is 1. The Balaban J connectivity index is 3.22. The number of carboxylic acids is 1. The second-order valence-corrected chi connectivity index (χ2v) is 5.80. The maximum absolute atomic E-state index is 13.5. The molecule has 0 aromatic heterocycles. The summed E-state index contributed by atoms with van der Waals surface area (Å²) in [6.07, 6.45) is 0. The first-order chi connectivity index (χ1) is 9.73. The number of carboxylic acid groups (broad SMARTS) is 1. The van der Waals surface area contributed by atoms with E-state index in [1.807, 2.05) is 23.9 Å². The van der Waals surface area contributed by atoms with E-state index in [9.17, 15) is 14.3 Å². The van der Waals surface area contributed by atoms with Crippen LogP contribution in [0.1, 0.15) is 24.2 Å². The molecule has 0 saturated heterocycles. The molecule has 0 aliphatic carbocycles. The highest BCUT2D eigenvalue weighted by atomic mass is 19.1. The van der Waals surface area contributed by atoms with Crippen molar-refractivity contribution in [2.45, 2.75) is 13.8 Å². The summed E-state index contributed by atoms with van der Waals surface area (Å²) in [7, 11) is 3.90. The molecular weight excluding hydrogens is 273 g/mol. The number of carbonyl (C=O) groups is 1.